The molecule has 1 aromatic rings. The fourth-order valence-corrected chi connectivity index (χ4v) is 0.588. The van der Waals surface area contributed by atoms with E-state index in [0.29, 0.717) is 0 Å². The molecule has 47 valence electrons. The van der Waals surface area contributed by atoms with E-state index in [0.717, 1.165) is 11.4 Å². The Hall–Kier alpha value is -1.05. The standard InChI is InChI=1S/C7H8NO/c1-6-5-7(9-2)3-4-8-6/h3-4H,1-2H3. The third-order valence-electron chi connectivity index (χ3n) is 1.02. The molecule has 1 radical (unpaired) electrons. The molecular formula is C7H8NO. The van der Waals surface area contributed by atoms with Gasteiger partial charge in [0.05, 0.1) is 13.2 Å². The van der Waals surface area contributed by atoms with Crippen molar-refractivity contribution in [3.63, 3.8) is 0 Å². The number of nitrogens with zero attached hydrogens (tertiary/aromatic N) is 1. The van der Waals surface area contributed by atoms with Gasteiger partial charge in [-0.3, -0.25) is 4.98 Å². The Morgan fingerprint density at radius 1 is 1.67 bits per heavy atom. The second-order valence-corrected chi connectivity index (χ2v) is 1.72. The van der Waals surface area contributed by atoms with Gasteiger partial charge in [-0.25, -0.2) is 0 Å². The number of pyridine rings is 1. The summed E-state index contributed by atoms with van der Waals surface area (Å²) in [5.41, 5.74) is 0.856. The van der Waals surface area contributed by atoms with E-state index in [1.165, 1.54) is 0 Å². The molecule has 0 N–H and O–H groups in total. The summed E-state index contributed by atoms with van der Waals surface area (Å²) in [5, 5.41) is 0. The fraction of sp³-hybridized carbons (Fsp3) is 0.286. The second kappa shape index (κ2) is 2.49. The van der Waals surface area contributed by atoms with E-state index in [1.54, 1.807) is 19.4 Å². The summed E-state index contributed by atoms with van der Waals surface area (Å²) in [6.07, 6.45) is 1.70. The predicted molar refractivity (Wildman–Crippen MR) is 34.4 cm³/mol. The highest BCUT2D eigenvalue weighted by atomic mass is 16.5. The largest absolute Gasteiger partial charge is 0.496 e. The lowest BCUT2D eigenvalue weighted by Gasteiger charge is -1.96. The van der Waals surface area contributed by atoms with Gasteiger partial charge < -0.3 is 4.74 Å². The molecule has 0 aromatic carbocycles. The van der Waals surface area contributed by atoms with Crippen LogP contribution < -0.4 is 4.74 Å². The topological polar surface area (TPSA) is 22.1 Å². The second-order valence-electron chi connectivity index (χ2n) is 1.72. The Kier molecular flexibility index (Phi) is 1.68. The average Bonchev–Trinajstić information content (AvgIpc) is 1.88. The van der Waals surface area contributed by atoms with Crippen molar-refractivity contribution < 1.29 is 4.74 Å². The monoisotopic (exact) mass is 122 g/mol. The van der Waals surface area contributed by atoms with Crippen LogP contribution in [0.15, 0.2) is 12.3 Å². The Balaban J connectivity index is 2.94. The molecule has 0 bridgehead atoms. The van der Waals surface area contributed by atoms with Gasteiger partial charge in [0, 0.05) is 11.9 Å². The Bertz CT molecular complexity index is 198. The highest BCUT2D eigenvalue weighted by molar-refractivity contribution is 5.19. The quantitative estimate of drug-likeness (QED) is 0.558. The van der Waals surface area contributed by atoms with Crippen molar-refractivity contribution in [3.8, 4) is 5.75 Å². The minimum Gasteiger partial charge on any atom is -0.496 e. The zero-order valence-electron chi connectivity index (χ0n) is 5.51. The number of aryl methyl sites for hydroxylation is 1. The SMILES string of the molecule is COc1[c]c(C)ncc1. The molecule has 0 amide bonds. The van der Waals surface area contributed by atoms with Crippen LogP contribution in [0, 0.1) is 13.0 Å². The molecule has 0 saturated carbocycles. The van der Waals surface area contributed by atoms with E-state index in [4.69, 9.17) is 4.74 Å². The van der Waals surface area contributed by atoms with Crippen LogP contribution in [0.2, 0.25) is 0 Å². The minimum absolute atomic E-state index is 0.738. The van der Waals surface area contributed by atoms with Gasteiger partial charge in [0.25, 0.3) is 0 Å². The van der Waals surface area contributed by atoms with Crippen LogP contribution in [0.3, 0.4) is 0 Å². The molecule has 0 aliphatic carbocycles. The summed E-state index contributed by atoms with van der Waals surface area (Å²) in [7, 11) is 1.62. The van der Waals surface area contributed by atoms with E-state index in [2.05, 4.69) is 11.1 Å². The van der Waals surface area contributed by atoms with Crippen molar-refractivity contribution in [1.82, 2.24) is 4.98 Å². The van der Waals surface area contributed by atoms with Crippen molar-refractivity contribution in [3.05, 3.63) is 24.0 Å². The highest BCUT2D eigenvalue weighted by Gasteiger charge is 1.89. The normalized spacial score (nSPS) is 9.11. The first-order valence-electron chi connectivity index (χ1n) is 2.72. The molecule has 0 spiro atoms. The maximum atomic E-state index is 4.90. The van der Waals surface area contributed by atoms with Gasteiger partial charge in [0.15, 0.2) is 0 Å². The maximum Gasteiger partial charge on any atom is 0.130 e. The van der Waals surface area contributed by atoms with Gasteiger partial charge in [-0.2, -0.15) is 0 Å². The summed E-state index contributed by atoms with van der Waals surface area (Å²) < 4.78 is 4.90. The van der Waals surface area contributed by atoms with Crippen LogP contribution in [-0.2, 0) is 0 Å². The number of aromatic nitrogens is 1. The van der Waals surface area contributed by atoms with Crippen LogP contribution in [-0.4, -0.2) is 12.1 Å². The van der Waals surface area contributed by atoms with Crippen LogP contribution >= 0.6 is 0 Å². The number of ether oxygens (including phenoxy) is 1. The fourth-order valence-electron chi connectivity index (χ4n) is 0.588. The van der Waals surface area contributed by atoms with E-state index < -0.39 is 0 Å². The molecule has 2 heteroatoms. The molecular weight excluding hydrogens is 114 g/mol. The zero-order chi connectivity index (χ0) is 6.69. The summed E-state index contributed by atoms with van der Waals surface area (Å²) >= 11 is 0. The van der Waals surface area contributed by atoms with Gasteiger partial charge in [-0.1, -0.05) is 0 Å². The Morgan fingerprint density at radius 2 is 2.44 bits per heavy atom. The van der Waals surface area contributed by atoms with Gasteiger partial charge >= 0.3 is 0 Å². The van der Waals surface area contributed by atoms with Crippen LogP contribution in [0.5, 0.6) is 5.75 Å². The lowest BCUT2D eigenvalue weighted by Crippen LogP contribution is -1.85. The van der Waals surface area contributed by atoms with Crippen LogP contribution in [0.1, 0.15) is 5.69 Å². The smallest absolute Gasteiger partial charge is 0.130 e. The Labute approximate surface area is 54.5 Å². The molecule has 0 saturated heterocycles. The number of hydrogen-bond donors (Lipinski definition) is 0. The van der Waals surface area contributed by atoms with Gasteiger partial charge in [-0.05, 0) is 13.0 Å². The predicted octanol–water partition coefficient (Wildman–Crippen LogP) is 1.20. The van der Waals surface area contributed by atoms with Crippen LogP contribution in [0.4, 0.5) is 0 Å². The first kappa shape index (κ1) is 6.08. The average molecular weight is 122 g/mol. The number of rotatable bonds is 1. The minimum atomic E-state index is 0.738. The number of methoxy groups -OCH3 is 1. The van der Waals surface area contributed by atoms with E-state index >= 15 is 0 Å². The van der Waals surface area contributed by atoms with Crippen molar-refractivity contribution >= 4 is 0 Å². The molecule has 1 heterocycles. The lowest BCUT2D eigenvalue weighted by molar-refractivity contribution is 0.413. The highest BCUT2D eigenvalue weighted by Crippen LogP contribution is 2.06. The molecule has 1 aromatic heterocycles. The van der Waals surface area contributed by atoms with E-state index in [1.807, 2.05) is 6.92 Å². The molecule has 2 nitrogen and oxygen atoms in total. The molecule has 1 rings (SSSR count). The first-order chi connectivity index (χ1) is 4.33. The maximum absolute atomic E-state index is 4.90. The third-order valence-corrected chi connectivity index (χ3v) is 1.02. The van der Waals surface area contributed by atoms with Gasteiger partial charge in [0.2, 0.25) is 0 Å². The van der Waals surface area contributed by atoms with Crippen molar-refractivity contribution in [2.45, 2.75) is 6.92 Å². The third kappa shape index (κ3) is 1.42. The van der Waals surface area contributed by atoms with Gasteiger partial charge in [0.1, 0.15) is 5.75 Å². The van der Waals surface area contributed by atoms with Crippen molar-refractivity contribution in [1.29, 1.82) is 0 Å². The molecule has 0 unspecified atom stereocenters. The molecule has 9 heavy (non-hydrogen) atoms. The molecule has 0 aliphatic rings. The molecule has 0 atom stereocenters. The summed E-state index contributed by atoms with van der Waals surface area (Å²) in [4.78, 5) is 3.95. The summed E-state index contributed by atoms with van der Waals surface area (Å²) in [5.74, 6) is 0.738. The first-order valence-corrected chi connectivity index (χ1v) is 2.72. The summed E-state index contributed by atoms with van der Waals surface area (Å²) in [6, 6.07) is 4.69. The van der Waals surface area contributed by atoms with Crippen molar-refractivity contribution in [2.24, 2.45) is 0 Å². The van der Waals surface area contributed by atoms with Gasteiger partial charge in [-0.15, -0.1) is 0 Å². The lowest BCUT2D eigenvalue weighted by atomic mass is 10.4. The summed E-state index contributed by atoms with van der Waals surface area (Å²) in [6.45, 7) is 1.88. The van der Waals surface area contributed by atoms with E-state index in [-0.39, 0.29) is 0 Å². The molecule has 0 aliphatic heterocycles. The Morgan fingerprint density at radius 3 is 2.89 bits per heavy atom. The van der Waals surface area contributed by atoms with E-state index in [9.17, 15) is 0 Å². The zero-order valence-corrected chi connectivity index (χ0v) is 5.51. The van der Waals surface area contributed by atoms with Crippen molar-refractivity contribution in [2.75, 3.05) is 7.11 Å². The number of hydrogen-bond acceptors (Lipinski definition) is 2. The van der Waals surface area contributed by atoms with Crippen LogP contribution in [0.25, 0.3) is 0 Å². The molecule has 0 fully saturated rings.